The number of aliphatic hydroxyl groups excluding tert-OH is 1. The third-order valence-corrected chi connectivity index (χ3v) is 5.02. The molecule has 106 valence electrons. The lowest BCUT2D eigenvalue weighted by Gasteiger charge is -2.25. The molecule has 7 nitrogen and oxygen atoms in total. The van der Waals surface area contributed by atoms with Crippen molar-refractivity contribution >= 4 is 16.0 Å². The molecule has 0 unspecified atom stereocenters. The lowest BCUT2D eigenvalue weighted by molar-refractivity contribution is -0.140. The highest BCUT2D eigenvalue weighted by Gasteiger charge is 2.34. The predicted octanol–water partition coefficient (Wildman–Crippen LogP) is -1.47. The third kappa shape index (κ3) is 3.91. The minimum atomic E-state index is -3.45. The van der Waals surface area contributed by atoms with Gasteiger partial charge in [-0.25, -0.2) is 8.42 Å². The molecule has 2 N–H and O–H groups in total. The number of ether oxygens (including phenoxy) is 1. The quantitative estimate of drug-likeness (QED) is 0.577. The highest BCUT2D eigenvalue weighted by atomic mass is 32.2. The monoisotopic (exact) mass is 280 g/mol. The molecule has 8 heteroatoms. The number of carbonyl (C=O) groups excluding carboxylic acids is 1. The van der Waals surface area contributed by atoms with Crippen LogP contribution in [0.25, 0.3) is 0 Å². The van der Waals surface area contributed by atoms with E-state index in [1.54, 1.807) is 0 Å². The van der Waals surface area contributed by atoms with Crippen LogP contribution >= 0.6 is 0 Å². The molecule has 0 spiro atoms. The first-order chi connectivity index (χ1) is 8.38. The molecule has 18 heavy (non-hydrogen) atoms. The van der Waals surface area contributed by atoms with Crippen molar-refractivity contribution in [1.29, 1.82) is 0 Å². The predicted molar refractivity (Wildman–Crippen MR) is 65.5 cm³/mol. The smallest absolute Gasteiger partial charge is 0.305 e. The molecule has 0 radical (unpaired) electrons. The number of nitrogens with zero attached hydrogens (tertiary/aromatic N) is 1. The molecule has 2 atom stereocenters. The summed E-state index contributed by atoms with van der Waals surface area (Å²) in [6, 6.07) is -0.437. The highest BCUT2D eigenvalue weighted by molar-refractivity contribution is 7.89. The summed E-state index contributed by atoms with van der Waals surface area (Å²) in [6.45, 7) is 0.834. The van der Waals surface area contributed by atoms with E-state index < -0.39 is 28.1 Å². The van der Waals surface area contributed by atoms with Gasteiger partial charge in [0.25, 0.3) is 0 Å². The zero-order valence-electron chi connectivity index (χ0n) is 10.6. The lowest BCUT2D eigenvalue weighted by Crippen LogP contribution is -2.45. The molecule has 0 aromatic rings. The van der Waals surface area contributed by atoms with Crippen molar-refractivity contribution in [3.8, 4) is 0 Å². The van der Waals surface area contributed by atoms with Crippen LogP contribution in [0.2, 0.25) is 0 Å². The van der Waals surface area contributed by atoms with Crippen molar-refractivity contribution in [1.82, 2.24) is 9.62 Å². The van der Waals surface area contributed by atoms with E-state index in [4.69, 9.17) is 0 Å². The molecule has 1 heterocycles. The zero-order chi connectivity index (χ0) is 13.8. The fourth-order valence-electron chi connectivity index (χ4n) is 1.87. The Hall–Kier alpha value is -0.700. The van der Waals surface area contributed by atoms with E-state index in [2.05, 4.69) is 10.1 Å². The van der Waals surface area contributed by atoms with Crippen molar-refractivity contribution in [2.75, 3.05) is 33.0 Å². The number of aliphatic hydroxyl groups is 1. The van der Waals surface area contributed by atoms with E-state index in [-0.39, 0.29) is 18.6 Å². The van der Waals surface area contributed by atoms with Crippen LogP contribution in [0.3, 0.4) is 0 Å². The van der Waals surface area contributed by atoms with Crippen LogP contribution in [0, 0.1) is 0 Å². The Balaban J connectivity index is 2.49. The average Bonchev–Trinajstić information content (AvgIpc) is 2.73. The lowest BCUT2D eigenvalue weighted by atomic mass is 10.2. The number of hydrogen-bond acceptors (Lipinski definition) is 6. The molecule has 1 aliphatic heterocycles. The first-order valence-electron chi connectivity index (χ1n) is 5.80. The molecule has 1 rings (SSSR count). The van der Waals surface area contributed by atoms with Gasteiger partial charge in [-0.1, -0.05) is 0 Å². The Morgan fingerprint density at radius 3 is 2.67 bits per heavy atom. The summed E-state index contributed by atoms with van der Waals surface area (Å²) in [5.41, 5.74) is 0. The Bertz CT molecular complexity index is 384. The number of rotatable bonds is 6. The Labute approximate surface area is 107 Å². The van der Waals surface area contributed by atoms with Crippen molar-refractivity contribution in [2.24, 2.45) is 0 Å². The largest absolute Gasteiger partial charge is 0.469 e. The summed E-state index contributed by atoms with van der Waals surface area (Å²) in [4.78, 5) is 10.9. The number of β-amino-alcohol motifs (C(OH)–C–C–N with tert-alkyl or cyclic N) is 1. The van der Waals surface area contributed by atoms with Gasteiger partial charge in [0.1, 0.15) is 0 Å². The van der Waals surface area contributed by atoms with Crippen LogP contribution in [-0.2, 0) is 19.6 Å². The fourth-order valence-corrected chi connectivity index (χ4v) is 3.30. The number of esters is 1. The van der Waals surface area contributed by atoms with Gasteiger partial charge in [0.05, 0.1) is 25.0 Å². The second-order valence-corrected chi connectivity index (χ2v) is 6.45. The minimum Gasteiger partial charge on any atom is -0.469 e. The molecule has 1 aliphatic rings. The molecule has 0 aromatic heterocycles. The molecule has 0 bridgehead atoms. The zero-order valence-corrected chi connectivity index (χ0v) is 11.4. The topological polar surface area (TPSA) is 95.9 Å². The molecule has 1 fully saturated rings. The van der Waals surface area contributed by atoms with Crippen LogP contribution in [0.5, 0.6) is 0 Å². The second-order valence-electron chi connectivity index (χ2n) is 4.30. The molecule has 0 aromatic carbocycles. The van der Waals surface area contributed by atoms with Gasteiger partial charge in [0.15, 0.2) is 0 Å². The van der Waals surface area contributed by atoms with E-state index in [1.165, 1.54) is 18.5 Å². The first-order valence-corrected chi connectivity index (χ1v) is 7.40. The van der Waals surface area contributed by atoms with Gasteiger partial charge >= 0.3 is 5.97 Å². The van der Waals surface area contributed by atoms with Crippen LogP contribution in [0.1, 0.15) is 12.8 Å². The van der Waals surface area contributed by atoms with Crippen molar-refractivity contribution < 1.29 is 23.1 Å². The maximum absolute atomic E-state index is 12.0. The fraction of sp³-hybridized carbons (Fsp3) is 0.900. The molecule has 1 saturated heterocycles. The van der Waals surface area contributed by atoms with Crippen LogP contribution < -0.4 is 5.32 Å². The molecule has 0 saturated carbocycles. The summed E-state index contributed by atoms with van der Waals surface area (Å²) >= 11 is 0. The number of methoxy groups -OCH3 is 1. The Morgan fingerprint density at radius 2 is 2.17 bits per heavy atom. The third-order valence-electron chi connectivity index (χ3n) is 3.07. The van der Waals surface area contributed by atoms with Crippen molar-refractivity contribution in [2.45, 2.75) is 25.0 Å². The van der Waals surface area contributed by atoms with Crippen LogP contribution in [-0.4, -0.2) is 68.9 Å². The molecular weight excluding hydrogens is 260 g/mol. The maximum atomic E-state index is 12.0. The summed E-state index contributed by atoms with van der Waals surface area (Å²) in [7, 11) is -0.735. The summed E-state index contributed by atoms with van der Waals surface area (Å²) in [6.07, 6.45) is -0.393. The SMILES string of the molecule is COC(=O)CCCS(=O)(=O)N(C)[C@@H]1CNC[C@H]1O. The van der Waals surface area contributed by atoms with Gasteiger partial charge in [-0.2, -0.15) is 4.31 Å². The number of nitrogens with one attached hydrogen (secondary N) is 1. The normalized spacial score (nSPS) is 24.4. The molecule has 0 amide bonds. The number of carbonyl (C=O) groups is 1. The maximum Gasteiger partial charge on any atom is 0.305 e. The van der Waals surface area contributed by atoms with Gasteiger partial charge in [-0.15, -0.1) is 0 Å². The number of likely N-dealkylation sites (N-methyl/N-ethyl adjacent to an activating group) is 1. The Kier molecular flexibility index (Phi) is 5.51. The number of hydrogen-bond donors (Lipinski definition) is 2. The van der Waals surface area contributed by atoms with Gasteiger partial charge in [0, 0.05) is 26.6 Å². The average molecular weight is 280 g/mol. The van der Waals surface area contributed by atoms with E-state index >= 15 is 0 Å². The minimum absolute atomic E-state index is 0.0784. The van der Waals surface area contributed by atoms with Crippen molar-refractivity contribution in [3.63, 3.8) is 0 Å². The van der Waals surface area contributed by atoms with E-state index in [9.17, 15) is 18.3 Å². The van der Waals surface area contributed by atoms with Gasteiger partial charge in [-0.3, -0.25) is 4.79 Å². The van der Waals surface area contributed by atoms with Gasteiger partial charge in [0.2, 0.25) is 10.0 Å². The summed E-state index contributed by atoms with van der Waals surface area (Å²) in [5, 5.41) is 12.6. The number of sulfonamides is 1. The molecular formula is C10H20N2O5S. The van der Waals surface area contributed by atoms with Gasteiger partial charge < -0.3 is 15.2 Å². The van der Waals surface area contributed by atoms with E-state index in [1.807, 2.05) is 0 Å². The van der Waals surface area contributed by atoms with Crippen LogP contribution in [0.15, 0.2) is 0 Å². The van der Waals surface area contributed by atoms with Crippen LogP contribution in [0.4, 0.5) is 0 Å². The van der Waals surface area contributed by atoms with E-state index in [0.29, 0.717) is 13.1 Å². The standard InChI is InChI=1S/C10H20N2O5S/c1-12(8-6-11-7-9(8)13)18(15,16)5-3-4-10(14)17-2/h8-9,11,13H,3-7H2,1-2H3/t8-,9-/m1/s1. The van der Waals surface area contributed by atoms with Gasteiger partial charge in [-0.05, 0) is 6.42 Å². The summed E-state index contributed by atoms with van der Waals surface area (Å²) in [5.74, 6) is -0.544. The highest BCUT2D eigenvalue weighted by Crippen LogP contribution is 2.13. The molecule has 0 aliphatic carbocycles. The second kappa shape index (κ2) is 6.46. The summed E-state index contributed by atoms with van der Waals surface area (Å²) < 4.78 is 29.6. The Morgan fingerprint density at radius 1 is 1.50 bits per heavy atom. The van der Waals surface area contributed by atoms with Crippen molar-refractivity contribution in [3.05, 3.63) is 0 Å². The van der Waals surface area contributed by atoms with E-state index in [0.717, 1.165) is 0 Å². The first kappa shape index (κ1) is 15.4.